The van der Waals surface area contributed by atoms with Crippen LogP contribution in [-0.2, 0) is 20.8 Å². The lowest BCUT2D eigenvalue weighted by molar-refractivity contribution is -0.119. The van der Waals surface area contributed by atoms with Gasteiger partial charge in [-0.2, -0.15) is 24.5 Å². The number of amides is 1. The van der Waals surface area contributed by atoms with Crippen molar-refractivity contribution in [2.24, 2.45) is 0 Å². The summed E-state index contributed by atoms with van der Waals surface area (Å²) < 4.78 is 40.3. The summed E-state index contributed by atoms with van der Waals surface area (Å²) in [6.07, 6.45) is 0. The van der Waals surface area contributed by atoms with Crippen LogP contribution in [-0.4, -0.2) is 51.6 Å². The number of hydrogen-bond acceptors (Lipinski definition) is 4. The largest absolute Gasteiger partial charge is 0.354 e. The topological polar surface area (TPSA) is 69.7 Å². The standard InChI is InChI=1S/C20H26FN3O3S2/c1-16-4-6-17(7-5-16)15-28-13-12-22-20(25)14-24(29(26,27)23(2)3)19-10-8-18(21)9-11-19/h4-11H,12-15H2,1-3H3,(H,22,25). The molecule has 0 spiro atoms. The van der Waals surface area contributed by atoms with Crippen molar-refractivity contribution >= 4 is 33.6 Å². The number of nitrogens with zero attached hydrogens (tertiary/aromatic N) is 2. The molecule has 0 aliphatic rings. The average molecular weight is 440 g/mol. The zero-order chi connectivity index (χ0) is 21.4. The van der Waals surface area contributed by atoms with Crippen LogP contribution in [0.5, 0.6) is 0 Å². The van der Waals surface area contributed by atoms with Crippen molar-refractivity contribution in [1.29, 1.82) is 0 Å². The molecule has 0 aliphatic carbocycles. The summed E-state index contributed by atoms with van der Waals surface area (Å²) in [6, 6.07) is 13.3. The SMILES string of the molecule is Cc1ccc(CSCCNC(=O)CN(c2ccc(F)cc2)S(=O)(=O)N(C)C)cc1. The first kappa shape index (κ1) is 23.2. The molecule has 0 fully saturated rings. The molecule has 2 aromatic carbocycles. The highest BCUT2D eigenvalue weighted by molar-refractivity contribution is 7.98. The van der Waals surface area contributed by atoms with E-state index >= 15 is 0 Å². The number of halogens is 1. The van der Waals surface area contributed by atoms with Crippen LogP contribution in [0.4, 0.5) is 10.1 Å². The van der Waals surface area contributed by atoms with Crippen molar-refractivity contribution < 1.29 is 17.6 Å². The van der Waals surface area contributed by atoms with Crippen LogP contribution in [0.3, 0.4) is 0 Å². The van der Waals surface area contributed by atoms with Crippen LogP contribution in [0.1, 0.15) is 11.1 Å². The third-order valence-corrected chi connectivity index (χ3v) is 6.95. The Labute approximate surface area is 176 Å². The molecule has 2 rings (SSSR count). The number of aryl methyl sites for hydroxylation is 1. The molecule has 0 heterocycles. The summed E-state index contributed by atoms with van der Waals surface area (Å²) in [5.41, 5.74) is 2.65. The van der Waals surface area contributed by atoms with E-state index in [9.17, 15) is 17.6 Å². The highest BCUT2D eigenvalue weighted by Crippen LogP contribution is 2.19. The lowest BCUT2D eigenvalue weighted by Gasteiger charge is -2.26. The molecule has 0 unspecified atom stereocenters. The van der Waals surface area contributed by atoms with Gasteiger partial charge in [-0.1, -0.05) is 29.8 Å². The van der Waals surface area contributed by atoms with Crippen LogP contribution in [0.15, 0.2) is 48.5 Å². The molecule has 0 saturated carbocycles. The number of benzene rings is 2. The van der Waals surface area contributed by atoms with E-state index in [1.807, 2.05) is 6.92 Å². The van der Waals surface area contributed by atoms with Gasteiger partial charge in [0.1, 0.15) is 12.4 Å². The van der Waals surface area contributed by atoms with Gasteiger partial charge in [0.2, 0.25) is 5.91 Å². The summed E-state index contributed by atoms with van der Waals surface area (Å²) in [6.45, 7) is 2.08. The summed E-state index contributed by atoms with van der Waals surface area (Å²) in [5, 5.41) is 2.74. The van der Waals surface area contributed by atoms with E-state index < -0.39 is 21.9 Å². The van der Waals surface area contributed by atoms with Crippen LogP contribution in [0, 0.1) is 12.7 Å². The predicted octanol–water partition coefficient (Wildman–Crippen LogP) is 2.80. The highest BCUT2D eigenvalue weighted by atomic mass is 32.2. The third kappa shape index (κ3) is 7.02. The maximum Gasteiger partial charge on any atom is 0.304 e. The average Bonchev–Trinajstić information content (AvgIpc) is 2.68. The number of carbonyl (C=O) groups excluding carboxylic acids is 1. The van der Waals surface area contributed by atoms with E-state index in [2.05, 4.69) is 29.6 Å². The molecule has 0 aromatic heterocycles. The molecule has 158 valence electrons. The fraction of sp³-hybridized carbons (Fsp3) is 0.350. The molecule has 6 nitrogen and oxygen atoms in total. The number of thioether (sulfide) groups is 1. The second-order valence-electron chi connectivity index (χ2n) is 6.66. The lowest BCUT2D eigenvalue weighted by Crippen LogP contribution is -2.46. The number of rotatable bonds is 10. The highest BCUT2D eigenvalue weighted by Gasteiger charge is 2.27. The lowest BCUT2D eigenvalue weighted by atomic mass is 10.2. The number of anilines is 1. The maximum absolute atomic E-state index is 13.2. The molecular weight excluding hydrogens is 413 g/mol. The molecule has 29 heavy (non-hydrogen) atoms. The molecule has 0 saturated heterocycles. The fourth-order valence-electron chi connectivity index (χ4n) is 2.43. The van der Waals surface area contributed by atoms with Crippen molar-refractivity contribution in [3.05, 3.63) is 65.5 Å². The minimum Gasteiger partial charge on any atom is -0.354 e. The Bertz CT molecular complexity index is 902. The van der Waals surface area contributed by atoms with Gasteiger partial charge in [0.05, 0.1) is 5.69 Å². The van der Waals surface area contributed by atoms with Gasteiger partial charge >= 0.3 is 10.2 Å². The minimum atomic E-state index is -3.90. The molecule has 1 amide bonds. The van der Waals surface area contributed by atoms with E-state index in [0.717, 1.165) is 26.5 Å². The monoisotopic (exact) mass is 439 g/mol. The van der Waals surface area contributed by atoms with Crippen molar-refractivity contribution in [2.45, 2.75) is 12.7 Å². The fourth-order valence-corrected chi connectivity index (χ4v) is 4.32. The van der Waals surface area contributed by atoms with E-state index in [1.54, 1.807) is 11.8 Å². The van der Waals surface area contributed by atoms with Crippen molar-refractivity contribution in [3.8, 4) is 0 Å². The van der Waals surface area contributed by atoms with Crippen LogP contribution >= 0.6 is 11.8 Å². The quantitative estimate of drug-likeness (QED) is 0.578. The molecule has 0 bridgehead atoms. The smallest absolute Gasteiger partial charge is 0.304 e. The summed E-state index contributed by atoms with van der Waals surface area (Å²) >= 11 is 1.69. The van der Waals surface area contributed by atoms with Gasteiger partial charge in [0, 0.05) is 32.1 Å². The molecule has 0 atom stereocenters. The molecule has 1 N–H and O–H groups in total. The van der Waals surface area contributed by atoms with E-state index in [1.165, 1.54) is 37.4 Å². The summed E-state index contributed by atoms with van der Waals surface area (Å²) in [5.74, 6) is 0.644. The zero-order valence-corrected chi connectivity index (χ0v) is 18.4. The third-order valence-electron chi connectivity index (χ3n) is 4.10. The van der Waals surface area contributed by atoms with Gasteiger partial charge in [-0.05, 0) is 36.8 Å². The van der Waals surface area contributed by atoms with E-state index in [0.29, 0.717) is 12.3 Å². The van der Waals surface area contributed by atoms with Gasteiger partial charge in [0.25, 0.3) is 0 Å². The van der Waals surface area contributed by atoms with Crippen molar-refractivity contribution in [3.63, 3.8) is 0 Å². The number of nitrogens with one attached hydrogen (secondary N) is 1. The first-order valence-corrected chi connectivity index (χ1v) is 11.6. The van der Waals surface area contributed by atoms with Crippen LogP contribution < -0.4 is 9.62 Å². The first-order chi connectivity index (χ1) is 13.7. The van der Waals surface area contributed by atoms with Gasteiger partial charge in [-0.15, -0.1) is 0 Å². The van der Waals surface area contributed by atoms with Gasteiger partial charge in [-0.3, -0.25) is 4.79 Å². The van der Waals surface area contributed by atoms with Crippen molar-refractivity contribution in [1.82, 2.24) is 9.62 Å². The number of carbonyl (C=O) groups is 1. The van der Waals surface area contributed by atoms with Crippen LogP contribution in [0.2, 0.25) is 0 Å². The minimum absolute atomic E-state index is 0.226. The van der Waals surface area contributed by atoms with Gasteiger partial charge < -0.3 is 5.32 Å². The zero-order valence-electron chi connectivity index (χ0n) is 16.8. The number of hydrogen-bond donors (Lipinski definition) is 1. The van der Waals surface area contributed by atoms with Crippen LogP contribution in [0.25, 0.3) is 0 Å². The Morgan fingerprint density at radius 2 is 1.69 bits per heavy atom. The molecule has 0 radical (unpaired) electrons. The Morgan fingerprint density at radius 3 is 2.28 bits per heavy atom. The Balaban J connectivity index is 1.89. The molecule has 2 aromatic rings. The molecular formula is C20H26FN3O3S2. The van der Waals surface area contributed by atoms with Gasteiger partial charge in [0.15, 0.2) is 0 Å². The summed E-state index contributed by atoms with van der Waals surface area (Å²) in [4.78, 5) is 12.3. The van der Waals surface area contributed by atoms with E-state index in [-0.39, 0.29) is 12.2 Å². The maximum atomic E-state index is 13.2. The predicted molar refractivity (Wildman–Crippen MR) is 117 cm³/mol. The van der Waals surface area contributed by atoms with Gasteiger partial charge in [-0.25, -0.2) is 8.70 Å². The first-order valence-electron chi connectivity index (χ1n) is 9.06. The Hall–Kier alpha value is -2.10. The summed E-state index contributed by atoms with van der Waals surface area (Å²) in [7, 11) is -1.14. The molecule has 0 aliphatic heterocycles. The Kier molecular flexibility index (Phi) is 8.48. The normalized spacial score (nSPS) is 11.5. The second-order valence-corrected chi connectivity index (χ2v) is 9.83. The molecule has 9 heteroatoms. The second kappa shape index (κ2) is 10.6. The Morgan fingerprint density at radius 1 is 1.07 bits per heavy atom. The van der Waals surface area contributed by atoms with Crippen molar-refractivity contribution in [2.75, 3.05) is 37.2 Å². The van der Waals surface area contributed by atoms with E-state index in [4.69, 9.17) is 0 Å².